The minimum absolute atomic E-state index is 0.283. The first kappa shape index (κ1) is 25.8. The van der Waals surface area contributed by atoms with E-state index >= 15 is 0 Å². The van der Waals surface area contributed by atoms with Gasteiger partial charge in [-0.05, 0) is 59.7 Å². The molecule has 0 spiro atoms. The summed E-state index contributed by atoms with van der Waals surface area (Å²) in [6.07, 6.45) is -2.22. The van der Waals surface area contributed by atoms with E-state index in [0.717, 1.165) is 29.0 Å². The molecular formula is C29H26F3N3O2. The van der Waals surface area contributed by atoms with E-state index in [1.54, 1.807) is 11.1 Å². The number of pyridine rings is 1. The number of nitrogens with one attached hydrogen (secondary N) is 1. The second-order valence-corrected chi connectivity index (χ2v) is 8.42. The number of benzene rings is 3. The lowest BCUT2D eigenvalue weighted by atomic mass is 10.2. The summed E-state index contributed by atoms with van der Waals surface area (Å²) in [5.74, 6) is 0.710. The number of nitrogens with zero attached hydrogens (tertiary/aromatic N) is 2. The van der Waals surface area contributed by atoms with Gasteiger partial charge in [-0.25, -0.2) is 4.79 Å². The summed E-state index contributed by atoms with van der Waals surface area (Å²) in [7, 11) is 0. The summed E-state index contributed by atoms with van der Waals surface area (Å²) in [5.41, 5.74) is 2.29. The molecule has 0 bridgehead atoms. The summed E-state index contributed by atoms with van der Waals surface area (Å²) in [5, 5.41) is 2.70. The van der Waals surface area contributed by atoms with Gasteiger partial charge in [0.25, 0.3) is 0 Å². The topological polar surface area (TPSA) is 54.5 Å². The van der Waals surface area contributed by atoms with Crippen LogP contribution in [0.3, 0.4) is 0 Å². The fourth-order valence-electron chi connectivity index (χ4n) is 3.65. The molecule has 1 aromatic heterocycles. The second-order valence-electron chi connectivity index (χ2n) is 8.42. The van der Waals surface area contributed by atoms with Gasteiger partial charge in [-0.1, -0.05) is 48.5 Å². The summed E-state index contributed by atoms with van der Waals surface area (Å²) < 4.78 is 44.4. The standard InChI is InChI=1S/C29H26F3N3O2/c30-29(31,32)24-11-13-26(14-12-24)34-28(36)35(19-17-25-8-4-5-18-33-25)20-22-9-15-27(16-10-22)37-21-23-6-2-1-3-7-23/h1-16,18H,17,19-21H2,(H,34,36). The van der Waals surface area contributed by atoms with Crippen LogP contribution in [0.4, 0.5) is 23.7 Å². The highest BCUT2D eigenvalue weighted by Crippen LogP contribution is 2.30. The molecule has 0 radical (unpaired) electrons. The number of anilines is 1. The Kier molecular flexibility index (Phi) is 8.40. The van der Waals surface area contributed by atoms with Crippen LogP contribution in [0.1, 0.15) is 22.4 Å². The number of halogens is 3. The van der Waals surface area contributed by atoms with Crippen LogP contribution in [0.2, 0.25) is 0 Å². The molecule has 37 heavy (non-hydrogen) atoms. The Morgan fingerprint density at radius 1 is 0.838 bits per heavy atom. The van der Waals surface area contributed by atoms with Crippen molar-refractivity contribution < 1.29 is 22.7 Å². The Hall–Kier alpha value is -4.33. The van der Waals surface area contributed by atoms with Gasteiger partial charge in [-0.15, -0.1) is 0 Å². The highest BCUT2D eigenvalue weighted by molar-refractivity contribution is 5.89. The summed E-state index contributed by atoms with van der Waals surface area (Å²) in [6, 6.07) is 26.9. The number of carbonyl (C=O) groups is 1. The number of hydrogen-bond acceptors (Lipinski definition) is 3. The molecule has 190 valence electrons. The molecule has 0 aliphatic heterocycles. The fourth-order valence-corrected chi connectivity index (χ4v) is 3.65. The van der Waals surface area contributed by atoms with Crippen molar-refractivity contribution in [3.8, 4) is 5.75 Å². The number of hydrogen-bond donors (Lipinski definition) is 1. The third-order valence-corrected chi connectivity index (χ3v) is 5.66. The molecule has 1 N–H and O–H groups in total. The minimum Gasteiger partial charge on any atom is -0.489 e. The molecule has 0 aliphatic carbocycles. The van der Waals surface area contributed by atoms with Crippen molar-refractivity contribution in [2.75, 3.05) is 11.9 Å². The van der Waals surface area contributed by atoms with Crippen LogP contribution in [0.25, 0.3) is 0 Å². The molecule has 4 rings (SSSR count). The van der Waals surface area contributed by atoms with Crippen molar-refractivity contribution >= 4 is 11.7 Å². The third-order valence-electron chi connectivity index (χ3n) is 5.66. The predicted octanol–water partition coefficient (Wildman–Crippen LogP) is 6.96. The number of ether oxygens (including phenoxy) is 1. The SMILES string of the molecule is O=C(Nc1ccc(C(F)(F)F)cc1)N(CCc1ccccn1)Cc1ccc(OCc2ccccc2)cc1. The monoisotopic (exact) mass is 505 g/mol. The Morgan fingerprint density at radius 3 is 2.19 bits per heavy atom. The Labute approximate surface area is 213 Å². The van der Waals surface area contributed by atoms with E-state index in [1.807, 2.05) is 72.8 Å². The lowest BCUT2D eigenvalue weighted by Crippen LogP contribution is -2.36. The highest BCUT2D eigenvalue weighted by atomic mass is 19.4. The molecular weight excluding hydrogens is 479 g/mol. The van der Waals surface area contributed by atoms with Crippen molar-refractivity contribution in [1.82, 2.24) is 9.88 Å². The molecule has 0 saturated heterocycles. The number of amides is 2. The summed E-state index contributed by atoms with van der Waals surface area (Å²) in [4.78, 5) is 19.0. The average molecular weight is 506 g/mol. The van der Waals surface area contributed by atoms with Gasteiger partial charge < -0.3 is 15.0 Å². The number of urea groups is 1. The van der Waals surface area contributed by atoms with Crippen molar-refractivity contribution in [2.24, 2.45) is 0 Å². The maximum atomic E-state index is 13.1. The van der Waals surface area contributed by atoms with Gasteiger partial charge >= 0.3 is 12.2 Å². The Morgan fingerprint density at radius 2 is 1.54 bits per heavy atom. The van der Waals surface area contributed by atoms with E-state index in [-0.39, 0.29) is 5.69 Å². The molecule has 4 aromatic rings. The maximum Gasteiger partial charge on any atom is 0.416 e. The lowest BCUT2D eigenvalue weighted by molar-refractivity contribution is -0.137. The van der Waals surface area contributed by atoms with Crippen molar-refractivity contribution in [2.45, 2.75) is 25.7 Å². The zero-order valence-corrected chi connectivity index (χ0v) is 20.0. The minimum atomic E-state index is -4.44. The van der Waals surface area contributed by atoms with Crippen LogP contribution in [0.5, 0.6) is 5.75 Å². The normalized spacial score (nSPS) is 11.1. The number of rotatable bonds is 9. The summed E-state index contributed by atoms with van der Waals surface area (Å²) in [6.45, 7) is 1.12. The highest BCUT2D eigenvalue weighted by Gasteiger charge is 2.30. The fraction of sp³-hybridized carbons (Fsp3) is 0.172. The smallest absolute Gasteiger partial charge is 0.416 e. The van der Waals surface area contributed by atoms with Gasteiger partial charge in [-0.2, -0.15) is 13.2 Å². The number of alkyl halides is 3. The third kappa shape index (κ3) is 7.83. The van der Waals surface area contributed by atoms with Crippen LogP contribution in [0, 0.1) is 0 Å². The van der Waals surface area contributed by atoms with E-state index in [9.17, 15) is 18.0 Å². The van der Waals surface area contributed by atoms with Crippen LogP contribution in [-0.2, 0) is 25.7 Å². The van der Waals surface area contributed by atoms with Crippen molar-refractivity contribution in [1.29, 1.82) is 0 Å². The van der Waals surface area contributed by atoms with Gasteiger partial charge in [-0.3, -0.25) is 4.98 Å². The molecule has 0 aliphatic rings. The zero-order valence-electron chi connectivity index (χ0n) is 20.0. The van der Waals surface area contributed by atoms with Crippen LogP contribution in [-0.4, -0.2) is 22.5 Å². The molecule has 0 unspecified atom stereocenters. The molecule has 0 fully saturated rings. The molecule has 8 heteroatoms. The van der Waals surface area contributed by atoms with Gasteiger partial charge in [0.2, 0.25) is 0 Å². The Bertz CT molecular complexity index is 1260. The lowest BCUT2D eigenvalue weighted by Gasteiger charge is -2.23. The molecule has 0 saturated carbocycles. The average Bonchev–Trinajstić information content (AvgIpc) is 2.91. The first-order valence-electron chi connectivity index (χ1n) is 11.8. The van der Waals surface area contributed by atoms with Crippen LogP contribution < -0.4 is 10.1 Å². The van der Waals surface area contributed by atoms with Gasteiger partial charge in [0.15, 0.2) is 0 Å². The van der Waals surface area contributed by atoms with E-state index in [0.29, 0.717) is 31.9 Å². The first-order chi connectivity index (χ1) is 17.9. The molecule has 5 nitrogen and oxygen atoms in total. The Balaban J connectivity index is 1.42. The first-order valence-corrected chi connectivity index (χ1v) is 11.8. The summed E-state index contributed by atoms with van der Waals surface area (Å²) >= 11 is 0. The molecule has 0 atom stereocenters. The van der Waals surface area contributed by atoms with Crippen molar-refractivity contribution in [3.05, 3.63) is 126 Å². The van der Waals surface area contributed by atoms with E-state index in [1.165, 1.54) is 12.1 Å². The quantitative estimate of drug-likeness (QED) is 0.268. The zero-order chi connectivity index (χ0) is 26.1. The van der Waals surface area contributed by atoms with Crippen molar-refractivity contribution in [3.63, 3.8) is 0 Å². The molecule has 1 heterocycles. The van der Waals surface area contributed by atoms with Crippen LogP contribution >= 0.6 is 0 Å². The number of aromatic nitrogens is 1. The van der Waals surface area contributed by atoms with Gasteiger partial charge in [0, 0.05) is 37.1 Å². The van der Waals surface area contributed by atoms with Gasteiger partial charge in [0.1, 0.15) is 12.4 Å². The van der Waals surface area contributed by atoms with Gasteiger partial charge in [0.05, 0.1) is 5.56 Å². The molecule has 3 aromatic carbocycles. The van der Waals surface area contributed by atoms with E-state index in [2.05, 4.69) is 10.3 Å². The predicted molar refractivity (Wildman–Crippen MR) is 136 cm³/mol. The maximum absolute atomic E-state index is 13.1. The second kappa shape index (κ2) is 12.1. The molecule has 2 amide bonds. The van der Waals surface area contributed by atoms with E-state index < -0.39 is 17.8 Å². The van der Waals surface area contributed by atoms with Crippen LogP contribution in [0.15, 0.2) is 103 Å². The largest absolute Gasteiger partial charge is 0.489 e. The van der Waals surface area contributed by atoms with E-state index in [4.69, 9.17) is 4.74 Å². The number of carbonyl (C=O) groups excluding carboxylic acids is 1.